The second-order valence-corrected chi connectivity index (χ2v) is 8.19. The van der Waals surface area contributed by atoms with Gasteiger partial charge in [-0.15, -0.1) is 0 Å². The van der Waals surface area contributed by atoms with Crippen molar-refractivity contribution in [2.45, 2.75) is 77.4 Å². The Morgan fingerprint density at radius 1 is 0.923 bits per heavy atom. The second-order valence-electron chi connectivity index (χ2n) is 8.19. The number of aliphatic hydroxyl groups is 1. The third-order valence-corrected chi connectivity index (χ3v) is 6.49. The van der Waals surface area contributed by atoms with E-state index in [4.69, 9.17) is 4.74 Å². The summed E-state index contributed by atoms with van der Waals surface area (Å²) in [7, 11) is 0. The van der Waals surface area contributed by atoms with E-state index in [1.165, 1.54) is 6.07 Å². The Hall–Kier alpha value is -1.23. The molecule has 1 aromatic rings. The largest absolute Gasteiger partial charge is 0.432 e. The van der Waals surface area contributed by atoms with Crippen molar-refractivity contribution in [1.82, 2.24) is 0 Å². The van der Waals surface area contributed by atoms with Crippen molar-refractivity contribution in [3.8, 4) is 5.75 Å². The molecule has 2 aliphatic carbocycles. The van der Waals surface area contributed by atoms with Crippen molar-refractivity contribution >= 4 is 0 Å². The average molecular weight is 370 g/mol. The normalized spacial score (nSPS) is 30.2. The Morgan fingerprint density at radius 2 is 1.46 bits per heavy atom. The van der Waals surface area contributed by atoms with Crippen molar-refractivity contribution in [3.63, 3.8) is 0 Å². The van der Waals surface area contributed by atoms with Crippen LogP contribution in [0.2, 0.25) is 0 Å². The quantitative estimate of drug-likeness (QED) is 0.729. The molecule has 2 saturated carbocycles. The van der Waals surface area contributed by atoms with E-state index in [1.54, 1.807) is 13.8 Å². The van der Waals surface area contributed by atoms with Crippen LogP contribution in [0.4, 0.5) is 13.2 Å². The van der Waals surface area contributed by atoms with Crippen LogP contribution >= 0.6 is 0 Å². The first-order valence-corrected chi connectivity index (χ1v) is 9.78. The summed E-state index contributed by atoms with van der Waals surface area (Å²) in [6.45, 7) is 3.31. The highest BCUT2D eigenvalue weighted by Crippen LogP contribution is 2.45. The maximum Gasteiger partial charge on any atom is 0.400 e. The summed E-state index contributed by atoms with van der Waals surface area (Å²) in [5, 5.41) is 9.63. The zero-order chi connectivity index (χ0) is 18.9. The van der Waals surface area contributed by atoms with Gasteiger partial charge in [0.25, 0.3) is 0 Å². The van der Waals surface area contributed by atoms with Gasteiger partial charge in [0, 0.05) is 6.07 Å². The number of hydrogen-bond acceptors (Lipinski definition) is 2. The lowest BCUT2D eigenvalue weighted by atomic mass is 9.70. The number of rotatable bonds is 4. The number of aliphatic hydroxyl groups excluding tert-OH is 1. The molecule has 2 fully saturated rings. The zero-order valence-electron chi connectivity index (χ0n) is 15.6. The van der Waals surface area contributed by atoms with Crippen molar-refractivity contribution in [2.24, 2.45) is 17.8 Å². The molecule has 0 aliphatic heterocycles. The van der Waals surface area contributed by atoms with Gasteiger partial charge in [0.1, 0.15) is 11.6 Å². The molecule has 0 bridgehead atoms. The van der Waals surface area contributed by atoms with E-state index in [1.807, 2.05) is 0 Å². The van der Waals surface area contributed by atoms with Crippen LogP contribution in [0.5, 0.6) is 5.75 Å². The first kappa shape index (κ1) is 19.5. The smallest absolute Gasteiger partial charge is 0.400 e. The molecule has 0 aromatic heterocycles. The molecule has 2 nitrogen and oxygen atoms in total. The Labute approximate surface area is 153 Å². The van der Waals surface area contributed by atoms with Crippen molar-refractivity contribution < 1.29 is 23.0 Å². The van der Waals surface area contributed by atoms with Crippen molar-refractivity contribution in [3.05, 3.63) is 29.1 Å². The summed E-state index contributed by atoms with van der Waals surface area (Å²) in [5.74, 6) is -0.396. The van der Waals surface area contributed by atoms with E-state index in [0.717, 1.165) is 44.6 Å². The topological polar surface area (TPSA) is 29.5 Å². The predicted molar refractivity (Wildman–Crippen MR) is 94.9 cm³/mol. The van der Waals surface area contributed by atoms with Gasteiger partial charge in [-0.2, -0.15) is 8.78 Å². The lowest BCUT2D eigenvalue weighted by Crippen LogP contribution is -2.38. The number of ether oxygens (including phenoxy) is 1. The number of aryl methyl sites for hydroxylation is 1. The summed E-state index contributed by atoms with van der Waals surface area (Å²) < 4.78 is 47.9. The molecule has 0 unspecified atom stereocenters. The molecule has 0 amide bonds. The first-order valence-electron chi connectivity index (χ1n) is 9.78. The molecule has 0 radical (unpaired) electrons. The van der Waals surface area contributed by atoms with Crippen LogP contribution in [0.1, 0.15) is 62.5 Å². The van der Waals surface area contributed by atoms with Gasteiger partial charge in [-0.25, -0.2) is 4.39 Å². The van der Waals surface area contributed by atoms with Crippen molar-refractivity contribution in [1.29, 1.82) is 0 Å². The predicted octanol–water partition coefficient (Wildman–Crippen LogP) is 5.77. The van der Waals surface area contributed by atoms with Crippen LogP contribution in [-0.2, 0) is 0 Å². The molecule has 5 heteroatoms. The molecule has 146 valence electrons. The molecule has 0 atom stereocenters. The van der Waals surface area contributed by atoms with Gasteiger partial charge in [-0.1, -0.05) is 0 Å². The third-order valence-electron chi connectivity index (χ3n) is 6.49. The Bertz CT molecular complexity index is 593. The molecule has 3 rings (SSSR count). The fourth-order valence-electron chi connectivity index (χ4n) is 4.58. The van der Waals surface area contributed by atoms with Crippen LogP contribution in [0.3, 0.4) is 0 Å². The van der Waals surface area contributed by atoms with Gasteiger partial charge >= 0.3 is 6.11 Å². The van der Waals surface area contributed by atoms with E-state index in [9.17, 15) is 18.3 Å². The number of alkyl halides is 2. The minimum absolute atomic E-state index is 0.0982. The standard InChI is InChI=1S/C21H29F3O2/c1-13-11-19(12-20(22)14(13)2)26-21(23,24)17-7-3-15(4-8-17)16-5-9-18(25)10-6-16/h11-12,15-18,25H,3-10H2,1-2H3. The summed E-state index contributed by atoms with van der Waals surface area (Å²) in [5.41, 5.74) is 1.07. The fraction of sp³-hybridized carbons (Fsp3) is 0.714. The van der Waals surface area contributed by atoms with E-state index in [0.29, 0.717) is 35.8 Å². The minimum Gasteiger partial charge on any atom is -0.432 e. The van der Waals surface area contributed by atoms with Gasteiger partial charge < -0.3 is 9.84 Å². The SMILES string of the molecule is Cc1cc(OC(F)(F)C2CCC(C3CCC(O)CC3)CC2)cc(F)c1C. The lowest BCUT2D eigenvalue weighted by molar-refractivity contribution is -0.224. The van der Waals surface area contributed by atoms with Crippen molar-refractivity contribution in [2.75, 3.05) is 0 Å². The fourth-order valence-corrected chi connectivity index (χ4v) is 4.58. The molecular weight excluding hydrogens is 341 g/mol. The number of hydrogen-bond donors (Lipinski definition) is 1. The highest BCUT2D eigenvalue weighted by atomic mass is 19.3. The van der Waals surface area contributed by atoms with Crippen LogP contribution < -0.4 is 4.74 Å². The van der Waals surface area contributed by atoms with Gasteiger partial charge in [-0.3, -0.25) is 0 Å². The number of halogens is 3. The highest BCUT2D eigenvalue weighted by molar-refractivity contribution is 5.35. The van der Waals surface area contributed by atoms with Crippen LogP contribution in [0.25, 0.3) is 0 Å². The lowest BCUT2D eigenvalue weighted by Gasteiger charge is -2.38. The van der Waals surface area contributed by atoms with Gasteiger partial charge in [0.2, 0.25) is 0 Å². The average Bonchev–Trinajstić information content (AvgIpc) is 2.60. The summed E-state index contributed by atoms with van der Waals surface area (Å²) in [4.78, 5) is 0. The van der Waals surface area contributed by atoms with E-state index >= 15 is 0 Å². The van der Waals surface area contributed by atoms with Gasteiger partial charge in [-0.05, 0) is 94.2 Å². The van der Waals surface area contributed by atoms with Crippen LogP contribution in [-0.4, -0.2) is 17.3 Å². The van der Waals surface area contributed by atoms with E-state index in [-0.39, 0.29) is 11.9 Å². The number of benzene rings is 1. The van der Waals surface area contributed by atoms with Gasteiger partial charge in [0.15, 0.2) is 0 Å². The highest BCUT2D eigenvalue weighted by Gasteiger charge is 2.45. The van der Waals surface area contributed by atoms with Crippen LogP contribution in [0.15, 0.2) is 12.1 Å². The first-order chi connectivity index (χ1) is 12.3. The summed E-state index contributed by atoms with van der Waals surface area (Å²) in [6, 6.07) is 2.53. The minimum atomic E-state index is -3.28. The zero-order valence-corrected chi connectivity index (χ0v) is 15.6. The maximum atomic E-state index is 14.6. The Balaban J connectivity index is 1.57. The molecule has 2 aliphatic rings. The van der Waals surface area contributed by atoms with Crippen LogP contribution in [0, 0.1) is 37.4 Å². The molecule has 26 heavy (non-hydrogen) atoms. The monoisotopic (exact) mass is 370 g/mol. The summed E-state index contributed by atoms with van der Waals surface area (Å²) >= 11 is 0. The molecule has 0 saturated heterocycles. The van der Waals surface area contributed by atoms with E-state index < -0.39 is 17.8 Å². The molecule has 1 N–H and O–H groups in total. The maximum absolute atomic E-state index is 14.6. The Morgan fingerprint density at radius 3 is 2.00 bits per heavy atom. The Kier molecular flexibility index (Phi) is 5.85. The molecular formula is C21H29F3O2. The second kappa shape index (κ2) is 7.79. The molecule has 0 spiro atoms. The van der Waals surface area contributed by atoms with E-state index in [2.05, 4.69) is 0 Å². The third kappa shape index (κ3) is 4.36. The molecule has 1 aromatic carbocycles. The molecule has 0 heterocycles. The summed E-state index contributed by atoms with van der Waals surface area (Å²) in [6.07, 6.45) is 2.66. The van der Waals surface area contributed by atoms with Gasteiger partial charge in [0.05, 0.1) is 12.0 Å².